The molecular weight excluding hydrogens is 243 g/mol. The molecule has 0 bridgehead atoms. The zero-order valence-corrected chi connectivity index (χ0v) is 9.76. The molecule has 0 aromatic heterocycles. The van der Waals surface area contributed by atoms with Crippen molar-refractivity contribution in [3.63, 3.8) is 0 Å². The average Bonchev–Trinajstić information content (AvgIpc) is 3.12. The molecule has 98 valence electrons. The van der Waals surface area contributed by atoms with Crippen molar-refractivity contribution < 1.29 is 18.0 Å². The fourth-order valence-corrected chi connectivity index (χ4v) is 1.83. The Morgan fingerprint density at radius 2 is 1.94 bits per heavy atom. The Hall–Kier alpha value is -1.52. The van der Waals surface area contributed by atoms with Crippen LogP contribution in [0.3, 0.4) is 0 Å². The third kappa shape index (κ3) is 3.24. The highest BCUT2D eigenvalue weighted by Gasteiger charge is 2.33. The van der Waals surface area contributed by atoms with Gasteiger partial charge in [0.1, 0.15) is 0 Å². The Balaban J connectivity index is 1.94. The molecule has 1 saturated carbocycles. The van der Waals surface area contributed by atoms with E-state index < -0.39 is 11.7 Å². The summed E-state index contributed by atoms with van der Waals surface area (Å²) in [6, 6.07) is 5.46. The van der Waals surface area contributed by atoms with E-state index in [1.807, 2.05) is 0 Å². The lowest BCUT2D eigenvalue weighted by Crippen LogP contribution is -2.27. The van der Waals surface area contributed by atoms with Gasteiger partial charge >= 0.3 is 6.18 Å². The number of carbonyl (C=O) groups is 1. The number of carbonyl (C=O) groups excluding carboxylic acids is 1. The lowest BCUT2D eigenvalue weighted by atomic mass is 10.0. The third-order valence-electron chi connectivity index (χ3n) is 2.96. The Morgan fingerprint density at radius 1 is 1.28 bits per heavy atom. The summed E-state index contributed by atoms with van der Waals surface area (Å²) < 4.78 is 38.1. The summed E-state index contributed by atoms with van der Waals surface area (Å²) in [7, 11) is 0. The molecule has 0 radical (unpaired) electrons. The van der Waals surface area contributed by atoms with Crippen molar-refractivity contribution in [2.75, 3.05) is 6.54 Å². The molecule has 2 nitrogen and oxygen atoms in total. The van der Waals surface area contributed by atoms with Gasteiger partial charge in [-0.2, -0.15) is 13.2 Å². The van der Waals surface area contributed by atoms with E-state index >= 15 is 0 Å². The third-order valence-corrected chi connectivity index (χ3v) is 2.96. The van der Waals surface area contributed by atoms with Crippen molar-refractivity contribution in [2.24, 2.45) is 5.92 Å². The summed E-state index contributed by atoms with van der Waals surface area (Å²) in [5.41, 5.74) is -0.397. The van der Waals surface area contributed by atoms with Crippen molar-refractivity contribution in [2.45, 2.75) is 25.4 Å². The van der Waals surface area contributed by atoms with Gasteiger partial charge in [0.05, 0.1) is 5.56 Å². The van der Waals surface area contributed by atoms with Crippen LogP contribution >= 0.6 is 0 Å². The number of hydrogen-bond donors (Lipinski definition) is 1. The first kappa shape index (κ1) is 12.9. The second-order valence-corrected chi connectivity index (χ2v) is 4.47. The highest BCUT2D eigenvalue weighted by molar-refractivity contribution is 5.80. The second kappa shape index (κ2) is 5.00. The standard InChI is InChI=1S/C13H14F3NO/c14-13(15,16)11-4-2-1-3-9(11)7-8-17-12(18)10-5-6-10/h1-4,10H,5-8H2,(H,17,18). The molecule has 0 atom stereocenters. The fourth-order valence-electron chi connectivity index (χ4n) is 1.83. The molecule has 2 rings (SSSR count). The molecule has 1 aliphatic rings. The largest absolute Gasteiger partial charge is 0.416 e. The van der Waals surface area contributed by atoms with Crippen molar-refractivity contribution in [3.8, 4) is 0 Å². The van der Waals surface area contributed by atoms with E-state index in [0.29, 0.717) is 0 Å². The first-order chi connectivity index (χ1) is 8.48. The van der Waals surface area contributed by atoms with Crippen molar-refractivity contribution in [1.29, 1.82) is 0 Å². The molecule has 0 heterocycles. The summed E-state index contributed by atoms with van der Waals surface area (Å²) in [5.74, 6) is 0.0438. The van der Waals surface area contributed by atoms with E-state index in [1.165, 1.54) is 12.1 Å². The van der Waals surface area contributed by atoms with Crippen LogP contribution in [0.5, 0.6) is 0 Å². The van der Waals surface area contributed by atoms with Gasteiger partial charge in [-0.05, 0) is 30.9 Å². The molecule has 1 fully saturated rings. The van der Waals surface area contributed by atoms with Crippen LogP contribution in [0.2, 0.25) is 0 Å². The predicted octanol–water partition coefficient (Wildman–Crippen LogP) is 2.77. The van der Waals surface area contributed by atoms with E-state index in [9.17, 15) is 18.0 Å². The highest BCUT2D eigenvalue weighted by atomic mass is 19.4. The Labute approximate surface area is 103 Å². The van der Waals surface area contributed by atoms with Gasteiger partial charge in [-0.15, -0.1) is 0 Å². The highest BCUT2D eigenvalue weighted by Crippen LogP contribution is 2.32. The lowest BCUT2D eigenvalue weighted by molar-refractivity contribution is -0.138. The first-order valence-corrected chi connectivity index (χ1v) is 5.91. The topological polar surface area (TPSA) is 29.1 Å². The van der Waals surface area contributed by atoms with Crippen LogP contribution in [0, 0.1) is 5.92 Å². The minimum absolute atomic E-state index is 0.0421. The molecule has 1 aliphatic carbocycles. The van der Waals surface area contributed by atoms with Crippen LogP contribution in [0.15, 0.2) is 24.3 Å². The molecule has 1 aromatic carbocycles. The molecule has 0 saturated heterocycles. The van der Waals surface area contributed by atoms with Crippen LogP contribution < -0.4 is 5.32 Å². The quantitative estimate of drug-likeness (QED) is 0.883. The SMILES string of the molecule is O=C(NCCc1ccccc1C(F)(F)F)C1CC1. The first-order valence-electron chi connectivity index (χ1n) is 5.91. The van der Waals surface area contributed by atoms with E-state index in [0.717, 1.165) is 18.9 Å². The number of nitrogens with one attached hydrogen (secondary N) is 1. The predicted molar refractivity (Wildman–Crippen MR) is 60.9 cm³/mol. The number of alkyl halides is 3. The minimum Gasteiger partial charge on any atom is -0.356 e. The Bertz CT molecular complexity index is 438. The summed E-state index contributed by atoms with van der Waals surface area (Å²) in [5, 5.41) is 2.67. The molecular formula is C13H14F3NO. The molecule has 0 aliphatic heterocycles. The number of amides is 1. The van der Waals surface area contributed by atoms with Gasteiger partial charge in [0.2, 0.25) is 5.91 Å². The van der Waals surface area contributed by atoms with Crippen LogP contribution in [0.4, 0.5) is 13.2 Å². The molecule has 0 spiro atoms. The van der Waals surface area contributed by atoms with E-state index in [-0.39, 0.29) is 30.4 Å². The lowest BCUT2D eigenvalue weighted by Gasteiger charge is -2.12. The summed E-state index contributed by atoms with van der Waals surface area (Å²) >= 11 is 0. The van der Waals surface area contributed by atoms with Gasteiger partial charge in [0.15, 0.2) is 0 Å². The van der Waals surface area contributed by atoms with Gasteiger partial charge in [-0.1, -0.05) is 18.2 Å². The van der Waals surface area contributed by atoms with Crippen LogP contribution in [-0.4, -0.2) is 12.5 Å². The summed E-state index contributed by atoms with van der Waals surface area (Å²) in [6.45, 7) is 0.252. The van der Waals surface area contributed by atoms with E-state index in [4.69, 9.17) is 0 Å². The Morgan fingerprint density at radius 3 is 2.56 bits per heavy atom. The molecule has 0 unspecified atom stereocenters. The molecule has 18 heavy (non-hydrogen) atoms. The maximum Gasteiger partial charge on any atom is 0.416 e. The molecule has 1 aromatic rings. The molecule has 5 heteroatoms. The van der Waals surface area contributed by atoms with Crippen molar-refractivity contribution >= 4 is 5.91 Å². The number of rotatable bonds is 4. The number of benzene rings is 1. The van der Waals surface area contributed by atoms with Crippen LogP contribution in [0.25, 0.3) is 0 Å². The van der Waals surface area contributed by atoms with E-state index in [1.54, 1.807) is 6.07 Å². The maximum absolute atomic E-state index is 12.7. The smallest absolute Gasteiger partial charge is 0.356 e. The fraction of sp³-hybridized carbons (Fsp3) is 0.462. The molecule has 1 N–H and O–H groups in total. The summed E-state index contributed by atoms with van der Waals surface area (Å²) in [4.78, 5) is 11.3. The number of hydrogen-bond acceptors (Lipinski definition) is 1. The minimum atomic E-state index is -4.34. The number of halogens is 3. The van der Waals surface area contributed by atoms with Crippen molar-refractivity contribution in [3.05, 3.63) is 35.4 Å². The van der Waals surface area contributed by atoms with E-state index in [2.05, 4.69) is 5.32 Å². The van der Waals surface area contributed by atoms with Gasteiger partial charge < -0.3 is 5.32 Å². The average molecular weight is 257 g/mol. The molecule has 1 amide bonds. The van der Waals surface area contributed by atoms with Crippen LogP contribution in [0.1, 0.15) is 24.0 Å². The summed E-state index contributed by atoms with van der Waals surface area (Å²) in [6.07, 6.45) is -2.35. The zero-order chi connectivity index (χ0) is 13.2. The van der Waals surface area contributed by atoms with Gasteiger partial charge in [0.25, 0.3) is 0 Å². The normalized spacial score (nSPS) is 15.5. The van der Waals surface area contributed by atoms with Gasteiger partial charge in [0, 0.05) is 12.5 Å². The van der Waals surface area contributed by atoms with Gasteiger partial charge in [-0.3, -0.25) is 4.79 Å². The zero-order valence-electron chi connectivity index (χ0n) is 9.76. The Kier molecular flexibility index (Phi) is 3.59. The monoisotopic (exact) mass is 257 g/mol. The maximum atomic E-state index is 12.7. The van der Waals surface area contributed by atoms with Gasteiger partial charge in [-0.25, -0.2) is 0 Å². The van der Waals surface area contributed by atoms with Crippen molar-refractivity contribution in [1.82, 2.24) is 5.32 Å². The second-order valence-electron chi connectivity index (χ2n) is 4.47. The van der Waals surface area contributed by atoms with Crippen LogP contribution in [-0.2, 0) is 17.4 Å².